The van der Waals surface area contributed by atoms with Crippen LogP contribution in [0.3, 0.4) is 0 Å². The molecule has 9 nitrogen and oxygen atoms in total. The molecule has 2 aliphatic rings. The Morgan fingerprint density at radius 1 is 1.23 bits per heavy atom. The third kappa shape index (κ3) is 6.70. The Balaban J connectivity index is 1.19. The van der Waals surface area contributed by atoms with Crippen LogP contribution in [0.1, 0.15) is 60.5 Å². The van der Waals surface area contributed by atoms with Gasteiger partial charge in [0.25, 0.3) is 0 Å². The van der Waals surface area contributed by atoms with Crippen molar-refractivity contribution in [2.75, 3.05) is 31.5 Å². The molecule has 1 amide bonds. The summed E-state index contributed by atoms with van der Waals surface area (Å²) in [5.74, 6) is -0.127. The fraction of sp³-hybridized carbons (Fsp3) is 0.484. The van der Waals surface area contributed by atoms with Crippen LogP contribution in [0.4, 0.5) is 5.82 Å². The molecule has 9 heteroatoms. The summed E-state index contributed by atoms with van der Waals surface area (Å²) in [5.41, 5.74) is 6.17. The smallest absolute Gasteiger partial charge is 0.305 e. The summed E-state index contributed by atoms with van der Waals surface area (Å²) in [4.78, 5) is 32.3. The van der Waals surface area contributed by atoms with Crippen LogP contribution in [0, 0.1) is 12.8 Å². The lowest BCUT2D eigenvalue weighted by Crippen LogP contribution is -2.44. The average molecular weight is 545 g/mol. The first-order valence-corrected chi connectivity index (χ1v) is 14.4. The third-order valence-electron chi connectivity index (χ3n) is 8.11. The van der Waals surface area contributed by atoms with Gasteiger partial charge in [0.15, 0.2) is 0 Å². The highest BCUT2D eigenvalue weighted by Gasteiger charge is 2.28. The van der Waals surface area contributed by atoms with Gasteiger partial charge in [-0.25, -0.2) is 4.98 Å². The maximum absolute atomic E-state index is 13.4. The molecule has 5 rings (SSSR count). The number of aliphatic carboxylic acids is 1. The number of nitrogens with one attached hydrogen (secondary N) is 2. The number of piperidine rings is 1. The second-order valence-corrected chi connectivity index (χ2v) is 11.2. The maximum Gasteiger partial charge on any atom is 0.305 e. The molecule has 1 aromatic carbocycles. The minimum atomic E-state index is -0.941. The molecule has 0 spiro atoms. The number of carbonyl (C=O) groups is 2. The summed E-state index contributed by atoms with van der Waals surface area (Å²) in [6.45, 7) is 5.58. The fourth-order valence-corrected chi connectivity index (χ4v) is 6.05. The van der Waals surface area contributed by atoms with Gasteiger partial charge in [0.2, 0.25) is 5.91 Å². The molecule has 4 heterocycles. The van der Waals surface area contributed by atoms with Gasteiger partial charge in [-0.05, 0) is 87.4 Å². The van der Waals surface area contributed by atoms with Gasteiger partial charge in [0.05, 0.1) is 30.3 Å². The van der Waals surface area contributed by atoms with E-state index in [1.54, 1.807) is 0 Å². The second kappa shape index (κ2) is 12.6. The quantitative estimate of drug-likeness (QED) is 0.352. The van der Waals surface area contributed by atoms with Gasteiger partial charge in [-0.15, -0.1) is 0 Å². The standard InChI is InChI=1S/C31H40N6O3/c1-21-19-33-36(2)29(21)24-8-3-7-23(17-24)27(18-28(38)39)35-31(40)25-10-5-15-37(20-25)16-6-11-26-13-12-22-9-4-14-32-30(22)34-26/h3,7-8,12-13,17,19,25,27H,4-6,9-11,14-16,18,20H2,1-2H3,(H,32,34)(H,35,40)(H,38,39)/t25-,27?/m1/s1. The van der Waals surface area contributed by atoms with E-state index in [0.717, 1.165) is 92.1 Å². The molecule has 3 aromatic rings. The van der Waals surface area contributed by atoms with Gasteiger partial charge in [0, 0.05) is 31.4 Å². The van der Waals surface area contributed by atoms with E-state index in [4.69, 9.17) is 4.98 Å². The van der Waals surface area contributed by atoms with Crippen molar-refractivity contribution >= 4 is 17.7 Å². The summed E-state index contributed by atoms with van der Waals surface area (Å²) >= 11 is 0. The van der Waals surface area contributed by atoms with E-state index in [9.17, 15) is 14.7 Å². The fourth-order valence-electron chi connectivity index (χ4n) is 6.05. The molecule has 2 aliphatic heterocycles. The predicted molar refractivity (Wildman–Crippen MR) is 155 cm³/mol. The summed E-state index contributed by atoms with van der Waals surface area (Å²) in [6, 6.07) is 11.5. The van der Waals surface area contributed by atoms with E-state index in [1.165, 1.54) is 5.56 Å². The lowest BCUT2D eigenvalue weighted by atomic mass is 9.94. The molecule has 2 aromatic heterocycles. The van der Waals surface area contributed by atoms with Crippen molar-refractivity contribution in [1.29, 1.82) is 0 Å². The molecule has 0 aliphatic carbocycles. The van der Waals surface area contributed by atoms with Crippen LogP contribution in [0.15, 0.2) is 42.6 Å². The number of carboxylic acid groups (broad SMARTS) is 1. The van der Waals surface area contributed by atoms with E-state index in [1.807, 2.05) is 49.1 Å². The predicted octanol–water partition coefficient (Wildman–Crippen LogP) is 4.13. The number of hydrogen-bond donors (Lipinski definition) is 3. The van der Waals surface area contributed by atoms with E-state index < -0.39 is 12.0 Å². The Hall–Kier alpha value is -3.72. The number of pyridine rings is 1. The van der Waals surface area contributed by atoms with Crippen LogP contribution in [0.2, 0.25) is 0 Å². The lowest BCUT2D eigenvalue weighted by Gasteiger charge is -2.33. The third-order valence-corrected chi connectivity index (χ3v) is 8.11. The lowest BCUT2D eigenvalue weighted by molar-refractivity contribution is -0.138. The van der Waals surface area contributed by atoms with Crippen molar-refractivity contribution in [2.24, 2.45) is 13.0 Å². The van der Waals surface area contributed by atoms with E-state index in [2.05, 4.69) is 32.8 Å². The largest absolute Gasteiger partial charge is 0.481 e. The van der Waals surface area contributed by atoms with Crippen molar-refractivity contribution in [3.05, 3.63) is 65.0 Å². The van der Waals surface area contributed by atoms with Gasteiger partial charge in [0.1, 0.15) is 5.82 Å². The molecule has 40 heavy (non-hydrogen) atoms. The molecule has 0 radical (unpaired) electrons. The molecular weight excluding hydrogens is 504 g/mol. The first-order valence-electron chi connectivity index (χ1n) is 14.4. The van der Waals surface area contributed by atoms with Crippen LogP contribution < -0.4 is 10.6 Å². The molecule has 0 saturated carbocycles. The number of aryl methyl sites for hydroxylation is 4. The zero-order valence-electron chi connectivity index (χ0n) is 23.5. The Bertz CT molecular complexity index is 1330. The van der Waals surface area contributed by atoms with Crippen molar-refractivity contribution in [3.63, 3.8) is 0 Å². The molecule has 0 bridgehead atoms. The van der Waals surface area contributed by atoms with Crippen molar-refractivity contribution in [3.8, 4) is 11.3 Å². The Morgan fingerprint density at radius 3 is 2.90 bits per heavy atom. The molecule has 1 unspecified atom stereocenters. The summed E-state index contributed by atoms with van der Waals surface area (Å²) < 4.78 is 1.81. The average Bonchev–Trinajstić information content (AvgIpc) is 3.30. The summed E-state index contributed by atoms with van der Waals surface area (Å²) in [5, 5.41) is 20.4. The number of amides is 1. The first kappa shape index (κ1) is 27.8. The highest BCUT2D eigenvalue weighted by molar-refractivity contribution is 5.80. The molecule has 2 atom stereocenters. The molecular formula is C31H40N6O3. The Morgan fingerprint density at radius 2 is 2.10 bits per heavy atom. The molecule has 1 saturated heterocycles. The van der Waals surface area contributed by atoms with Crippen LogP contribution >= 0.6 is 0 Å². The second-order valence-electron chi connectivity index (χ2n) is 11.2. The van der Waals surface area contributed by atoms with Crippen molar-refractivity contribution < 1.29 is 14.7 Å². The number of carboxylic acids is 1. The van der Waals surface area contributed by atoms with E-state index in [-0.39, 0.29) is 18.2 Å². The minimum absolute atomic E-state index is 0.0690. The maximum atomic E-state index is 13.4. The first-order chi connectivity index (χ1) is 19.4. The topological polar surface area (TPSA) is 112 Å². The highest BCUT2D eigenvalue weighted by atomic mass is 16.4. The SMILES string of the molecule is Cc1cnn(C)c1-c1cccc(C(CC(=O)O)NC(=O)[C@@H]2CCCN(CCCc3ccc4c(n3)NCCC4)C2)c1. The highest BCUT2D eigenvalue weighted by Crippen LogP contribution is 2.28. The zero-order valence-corrected chi connectivity index (χ0v) is 23.5. The Labute approximate surface area is 236 Å². The number of likely N-dealkylation sites (tertiary alicyclic amines) is 1. The van der Waals surface area contributed by atoms with Gasteiger partial charge in [-0.3, -0.25) is 14.3 Å². The number of carbonyl (C=O) groups excluding carboxylic acids is 1. The molecule has 3 N–H and O–H groups in total. The number of nitrogens with zero attached hydrogens (tertiary/aromatic N) is 4. The van der Waals surface area contributed by atoms with Crippen LogP contribution in [0.25, 0.3) is 11.3 Å². The van der Waals surface area contributed by atoms with Gasteiger partial charge in [-0.2, -0.15) is 5.10 Å². The monoisotopic (exact) mass is 544 g/mol. The molecule has 1 fully saturated rings. The van der Waals surface area contributed by atoms with Crippen LogP contribution in [0.5, 0.6) is 0 Å². The summed E-state index contributed by atoms with van der Waals surface area (Å²) in [7, 11) is 1.89. The number of rotatable bonds is 10. The van der Waals surface area contributed by atoms with Crippen LogP contribution in [-0.2, 0) is 29.5 Å². The number of anilines is 1. The normalized spacial score (nSPS) is 18.0. The minimum Gasteiger partial charge on any atom is -0.481 e. The van der Waals surface area contributed by atoms with Gasteiger partial charge < -0.3 is 20.6 Å². The number of aromatic nitrogens is 3. The number of fused-ring (bicyclic) bond motifs is 1. The van der Waals surface area contributed by atoms with Gasteiger partial charge in [-0.1, -0.05) is 24.3 Å². The van der Waals surface area contributed by atoms with Crippen molar-refractivity contribution in [1.82, 2.24) is 25.0 Å². The van der Waals surface area contributed by atoms with E-state index in [0.29, 0.717) is 6.54 Å². The van der Waals surface area contributed by atoms with E-state index >= 15 is 0 Å². The van der Waals surface area contributed by atoms with Crippen molar-refractivity contribution in [2.45, 2.75) is 57.9 Å². The number of benzene rings is 1. The van der Waals surface area contributed by atoms with Crippen LogP contribution in [-0.4, -0.2) is 62.8 Å². The summed E-state index contributed by atoms with van der Waals surface area (Å²) in [6.07, 6.45) is 7.57. The Kier molecular flexibility index (Phi) is 8.79. The van der Waals surface area contributed by atoms with Gasteiger partial charge >= 0.3 is 5.97 Å². The number of hydrogen-bond acceptors (Lipinski definition) is 6. The zero-order chi connectivity index (χ0) is 28.1. The molecule has 212 valence electrons.